The van der Waals surface area contributed by atoms with Crippen LogP contribution in [-0.4, -0.2) is 52.2 Å². The van der Waals surface area contributed by atoms with Crippen molar-refractivity contribution in [3.63, 3.8) is 0 Å². The van der Waals surface area contributed by atoms with Crippen molar-refractivity contribution in [2.75, 3.05) is 32.8 Å². The van der Waals surface area contributed by atoms with Crippen molar-refractivity contribution in [1.29, 1.82) is 0 Å². The summed E-state index contributed by atoms with van der Waals surface area (Å²) in [6, 6.07) is 4.69. The lowest BCUT2D eigenvalue weighted by molar-refractivity contribution is -0.0229. The number of ether oxygens (including phenoxy) is 1. The Morgan fingerprint density at radius 1 is 1.52 bits per heavy atom. The van der Waals surface area contributed by atoms with Gasteiger partial charge in [-0.15, -0.1) is 0 Å². The summed E-state index contributed by atoms with van der Waals surface area (Å²) >= 11 is 9.25. The van der Waals surface area contributed by atoms with E-state index in [1.165, 1.54) is 6.07 Å². The molecule has 8 heteroatoms. The van der Waals surface area contributed by atoms with Crippen molar-refractivity contribution in [3.05, 3.63) is 27.7 Å². The van der Waals surface area contributed by atoms with Gasteiger partial charge in [0.15, 0.2) is 0 Å². The SMILES string of the molecule is CCN1CCOC(CNS(=O)(=O)c2ccc(Br)cc2Cl)C1. The van der Waals surface area contributed by atoms with E-state index in [1.54, 1.807) is 12.1 Å². The summed E-state index contributed by atoms with van der Waals surface area (Å²) in [6.45, 7) is 5.50. The Hall–Kier alpha value is -0.180. The van der Waals surface area contributed by atoms with Crippen LogP contribution in [0.1, 0.15) is 6.92 Å². The minimum Gasteiger partial charge on any atom is -0.374 e. The minimum absolute atomic E-state index is 0.0792. The normalized spacial score (nSPS) is 20.6. The first-order valence-corrected chi connectivity index (χ1v) is 9.36. The molecule has 1 heterocycles. The predicted molar refractivity (Wildman–Crippen MR) is 86.2 cm³/mol. The molecule has 1 N–H and O–H groups in total. The lowest BCUT2D eigenvalue weighted by Gasteiger charge is -2.32. The van der Waals surface area contributed by atoms with E-state index >= 15 is 0 Å². The van der Waals surface area contributed by atoms with Gasteiger partial charge in [0.05, 0.1) is 17.7 Å². The van der Waals surface area contributed by atoms with E-state index in [0.717, 1.165) is 24.1 Å². The average Bonchev–Trinajstić information content (AvgIpc) is 2.45. The number of nitrogens with one attached hydrogen (secondary N) is 1. The van der Waals surface area contributed by atoms with Crippen LogP contribution >= 0.6 is 27.5 Å². The van der Waals surface area contributed by atoms with Crippen LogP contribution in [0.15, 0.2) is 27.6 Å². The molecule has 118 valence electrons. The molecular formula is C13H18BrClN2O3S. The molecule has 0 saturated carbocycles. The first-order chi connectivity index (χ1) is 9.92. The van der Waals surface area contributed by atoms with Crippen LogP contribution < -0.4 is 4.72 Å². The molecule has 5 nitrogen and oxygen atoms in total. The second-order valence-corrected chi connectivity index (χ2v) is 7.87. The Morgan fingerprint density at radius 2 is 2.29 bits per heavy atom. The predicted octanol–water partition coefficient (Wildman–Crippen LogP) is 2.10. The number of hydrogen-bond acceptors (Lipinski definition) is 4. The summed E-state index contributed by atoms with van der Waals surface area (Å²) in [6.07, 6.45) is -0.136. The lowest BCUT2D eigenvalue weighted by atomic mass is 10.3. The highest BCUT2D eigenvalue weighted by atomic mass is 79.9. The van der Waals surface area contributed by atoms with Crippen molar-refractivity contribution in [1.82, 2.24) is 9.62 Å². The van der Waals surface area contributed by atoms with Gasteiger partial charge >= 0.3 is 0 Å². The fraction of sp³-hybridized carbons (Fsp3) is 0.538. The monoisotopic (exact) mass is 396 g/mol. The summed E-state index contributed by atoms with van der Waals surface area (Å²) in [5.41, 5.74) is 0. The molecule has 0 spiro atoms. The Morgan fingerprint density at radius 3 is 2.95 bits per heavy atom. The van der Waals surface area contributed by atoms with Gasteiger partial charge < -0.3 is 4.74 Å². The number of nitrogens with zero attached hydrogens (tertiary/aromatic N) is 1. The number of rotatable bonds is 5. The van der Waals surface area contributed by atoms with Gasteiger partial charge in [0.25, 0.3) is 0 Å². The van der Waals surface area contributed by atoms with E-state index in [2.05, 4.69) is 32.5 Å². The summed E-state index contributed by atoms with van der Waals surface area (Å²) in [4.78, 5) is 2.31. The largest absolute Gasteiger partial charge is 0.374 e. The van der Waals surface area contributed by atoms with Crippen molar-refractivity contribution in [2.24, 2.45) is 0 Å². The highest BCUT2D eigenvalue weighted by Crippen LogP contribution is 2.25. The fourth-order valence-electron chi connectivity index (χ4n) is 2.16. The van der Waals surface area contributed by atoms with Gasteiger partial charge in [-0.3, -0.25) is 4.90 Å². The van der Waals surface area contributed by atoms with Gasteiger partial charge in [-0.25, -0.2) is 13.1 Å². The maximum absolute atomic E-state index is 12.3. The number of benzene rings is 1. The van der Waals surface area contributed by atoms with E-state index in [9.17, 15) is 8.42 Å². The molecule has 0 aromatic heterocycles. The standard InChI is InChI=1S/C13H18BrClN2O3S/c1-2-17-5-6-20-11(9-17)8-16-21(18,19)13-4-3-10(14)7-12(13)15/h3-4,7,11,16H,2,5-6,8-9H2,1H3. The fourth-order valence-corrected chi connectivity index (χ4v) is 4.27. The molecule has 2 rings (SSSR count). The molecule has 1 unspecified atom stereocenters. The highest BCUT2D eigenvalue weighted by molar-refractivity contribution is 9.10. The molecule has 0 bridgehead atoms. The Labute approximate surface area is 138 Å². The van der Waals surface area contributed by atoms with Gasteiger partial charge in [0, 0.05) is 24.1 Å². The minimum atomic E-state index is -3.63. The third kappa shape index (κ3) is 4.64. The molecule has 1 aliphatic rings. The topological polar surface area (TPSA) is 58.6 Å². The number of hydrogen-bond donors (Lipinski definition) is 1. The van der Waals surface area contributed by atoms with E-state index in [4.69, 9.17) is 16.3 Å². The zero-order valence-electron chi connectivity index (χ0n) is 11.7. The Bertz CT molecular complexity index is 597. The van der Waals surface area contributed by atoms with Crippen LogP contribution in [0.2, 0.25) is 5.02 Å². The van der Waals surface area contributed by atoms with Crippen molar-refractivity contribution >= 4 is 37.6 Å². The molecule has 0 aliphatic carbocycles. The summed E-state index contributed by atoms with van der Waals surface area (Å²) in [7, 11) is -3.63. The van der Waals surface area contributed by atoms with E-state index in [1.807, 2.05) is 0 Å². The van der Waals surface area contributed by atoms with Crippen molar-refractivity contribution in [2.45, 2.75) is 17.9 Å². The second-order valence-electron chi connectivity index (χ2n) is 4.81. The molecule has 1 aromatic rings. The zero-order valence-corrected chi connectivity index (χ0v) is 14.8. The van der Waals surface area contributed by atoms with Gasteiger partial charge in [0.1, 0.15) is 4.90 Å². The second kappa shape index (κ2) is 7.39. The van der Waals surface area contributed by atoms with Crippen LogP contribution in [0, 0.1) is 0 Å². The molecular weight excluding hydrogens is 380 g/mol. The summed E-state index contributed by atoms with van der Waals surface area (Å²) in [5, 5.41) is 0.191. The maximum Gasteiger partial charge on any atom is 0.242 e. The smallest absolute Gasteiger partial charge is 0.242 e. The first-order valence-electron chi connectivity index (χ1n) is 6.71. The van der Waals surface area contributed by atoms with Crippen molar-refractivity contribution < 1.29 is 13.2 Å². The highest BCUT2D eigenvalue weighted by Gasteiger charge is 2.23. The third-order valence-electron chi connectivity index (χ3n) is 3.35. The molecule has 1 aromatic carbocycles. The van der Waals surface area contributed by atoms with Gasteiger partial charge in [0.2, 0.25) is 10.0 Å². The van der Waals surface area contributed by atoms with Gasteiger partial charge in [-0.05, 0) is 24.7 Å². The van der Waals surface area contributed by atoms with E-state index < -0.39 is 10.0 Å². The number of halogens is 2. The molecule has 0 amide bonds. The van der Waals surface area contributed by atoms with Crippen LogP contribution in [0.4, 0.5) is 0 Å². The van der Waals surface area contributed by atoms with E-state index in [-0.39, 0.29) is 22.6 Å². The third-order valence-corrected chi connectivity index (χ3v) is 5.75. The van der Waals surface area contributed by atoms with Gasteiger partial charge in [-0.2, -0.15) is 0 Å². The Kier molecular flexibility index (Phi) is 6.05. The molecule has 1 atom stereocenters. The molecule has 21 heavy (non-hydrogen) atoms. The van der Waals surface area contributed by atoms with Crippen LogP contribution in [0.25, 0.3) is 0 Å². The Balaban J connectivity index is 2.01. The zero-order chi connectivity index (χ0) is 15.5. The summed E-state index contributed by atoms with van der Waals surface area (Å²) < 4.78 is 33.4. The van der Waals surface area contributed by atoms with Crippen molar-refractivity contribution in [3.8, 4) is 0 Å². The van der Waals surface area contributed by atoms with Crippen LogP contribution in [0.5, 0.6) is 0 Å². The number of morpholine rings is 1. The molecule has 0 radical (unpaired) electrons. The number of sulfonamides is 1. The molecule has 1 fully saturated rings. The van der Waals surface area contributed by atoms with Crippen LogP contribution in [-0.2, 0) is 14.8 Å². The first kappa shape index (κ1) is 17.2. The average molecular weight is 398 g/mol. The van der Waals surface area contributed by atoms with Crippen LogP contribution in [0.3, 0.4) is 0 Å². The van der Waals surface area contributed by atoms with E-state index in [0.29, 0.717) is 6.61 Å². The quantitative estimate of drug-likeness (QED) is 0.827. The molecule has 1 aliphatic heterocycles. The number of likely N-dealkylation sites (N-methyl/N-ethyl adjacent to an activating group) is 1. The molecule has 1 saturated heterocycles. The summed E-state index contributed by atoms with van der Waals surface area (Å²) in [5.74, 6) is 0. The maximum atomic E-state index is 12.3. The van der Waals surface area contributed by atoms with Gasteiger partial charge in [-0.1, -0.05) is 34.5 Å². The lowest BCUT2D eigenvalue weighted by Crippen LogP contribution is -2.47.